The minimum atomic E-state index is -0.936. The van der Waals surface area contributed by atoms with E-state index in [0.29, 0.717) is 12.5 Å². The van der Waals surface area contributed by atoms with Crippen molar-refractivity contribution in [2.24, 2.45) is 11.7 Å². The van der Waals surface area contributed by atoms with E-state index in [1.807, 2.05) is 11.9 Å². The van der Waals surface area contributed by atoms with Crippen molar-refractivity contribution >= 4 is 5.97 Å². The average molecular weight is 216 g/mol. The molecule has 1 unspecified atom stereocenters. The third kappa shape index (κ3) is 4.59. The van der Waals surface area contributed by atoms with Crippen LogP contribution < -0.4 is 5.73 Å². The molecule has 0 amide bonds. The monoisotopic (exact) mass is 216 g/mol. The first-order valence-corrected chi connectivity index (χ1v) is 5.34. The van der Waals surface area contributed by atoms with E-state index in [9.17, 15) is 4.79 Å². The molecule has 1 rings (SSSR count). The van der Waals surface area contributed by atoms with Gasteiger partial charge in [0.2, 0.25) is 0 Å². The number of hydrogen-bond acceptors (Lipinski definition) is 4. The standard InChI is InChI=1S/C10H20N2O3/c1-12(7-9(11)10(13)14)6-8-2-4-15-5-3-8/h8-9H,2-7,11H2,1H3,(H,13,14). The summed E-state index contributed by atoms with van der Waals surface area (Å²) >= 11 is 0. The fourth-order valence-electron chi connectivity index (χ4n) is 1.86. The molecule has 1 aliphatic heterocycles. The van der Waals surface area contributed by atoms with Crippen molar-refractivity contribution in [2.75, 3.05) is 33.4 Å². The van der Waals surface area contributed by atoms with Crippen LogP contribution in [0.25, 0.3) is 0 Å². The Hall–Kier alpha value is -0.650. The summed E-state index contributed by atoms with van der Waals surface area (Å²) < 4.78 is 5.26. The van der Waals surface area contributed by atoms with Gasteiger partial charge in [-0.15, -0.1) is 0 Å². The van der Waals surface area contributed by atoms with Crippen LogP contribution in [0.2, 0.25) is 0 Å². The topological polar surface area (TPSA) is 75.8 Å². The highest BCUT2D eigenvalue weighted by Gasteiger charge is 2.19. The van der Waals surface area contributed by atoms with Gasteiger partial charge in [0.05, 0.1) is 0 Å². The lowest BCUT2D eigenvalue weighted by Gasteiger charge is -2.27. The van der Waals surface area contributed by atoms with Gasteiger partial charge in [0.15, 0.2) is 0 Å². The number of aliphatic carboxylic acids is 1. The summed E-state index contributed by atoms with van der Waals surface area (Å²) in [6.45, 7) is 2.96. The van der Waals surface area contributed by atoms with Crippen molar-refractivity contribution in [2.45, 2.75) is 18.9 Å². The Morgan fingerprint density at radius 3 is 2.73 bits per heavy atom. The third-order valence-electron chi connectivity index (χ3n) is 2.74. The first-order valence-electron chi connectivity index (χ1n) is 5.34. The normalized spacial score (nSPS) is 20.5. The molecule has 0 aromatic heterocycles. The highest BCUT2D eigenvalue weighted by molar-refractivity contribution is 5.73. The van der Waals surface area contributed by atoms with E-state index in [1.54, 1.807) is 0 Å². The van der Waals surface area contributed by atoms with Crippen LogP contribution in [0.4, 0.5) is 0 Å². The maximum Gasteiger partial charge on any atom is 0.321 e. The summed E-state index contributed by atoms with van der Waals surface area (Å²) in [5.41, 5.74) is 5.46. The Kier molecular flexibility index (Phi) is 5.01. The van der Waals surface area contributed by atoms with Gasteiger partial charge in [-0.05, 0) is 25.8 Å². The lowest BCUT2D eigenvalue weighted by molar-refractivity contribution is -0.139. The number of rotatable bonds is 5. The Morgan fingerprint density at radius 2 is 2.20 bits per heavy atom. The number of nitrogens with two attached hydrogens (primary N) is 1. The highest BCUT2D eigenvalue weighted by Crippen LogP contribution is 2.15. The minimum Gasteiger partial charge on any atom is -0.480 e. The molecule has 1 aliphatic rings. The molecule has 0 aromatic rings. The molecule has 5 nitrogen and oxygen atoms in total. The molecule has 1 fully saturated rings. The fourth-order valence-corrected chi connectivity index (χ4v) is 1.86. The van der Waals surface area contributed by atoms with Crippen LogP contribution in [0.15, 0.2) is 0 Å². The average Bonchev–Trinajstić information content (AvgIpc) is 2.18. The fraction of sp³-hybridized carbons (Fsp3) is 0.900. The Morgan fingerprint density at radius 1 is 1.60 bits per heavy atom. The first-order chi connectivity index (χ1) is 7.09. The second-order valence-electron chi connectivity index (χ2n) is 4.22. The molecule has 0 aliphatic carbocycles. The molecule has 3 N–H and O–H groups in total. The van der Waals surface area contributed by atoms with Crippen molar-refractivity contribution in [3.8, 4) is 0 Å². The zero-order chi connectivity index (χ0) is 11.3. The van der Waals surface area contributed by atoms with Crippen molar-refractivity contribution in [3.63, 3.8) is 0 Å². The van der Waals surface area contributed by atoms with Gasteiger partial charge < -0.3 is 20.5 Å². The molecule has 0 saturated carbocycles. The lowest BCUT2D eigenvalue weighted by Crippen LogP contribution is -2.43. The van der Waals surface area contributed by atoms with Crippen LogP contribution in [0.3, 0.4) is 0 Å². The number of nitrogens with zero attached hydrogens (tertiary/aromatic N) is 1. The van der Waals surface area contributed by atoms with Crippen molar-refractivity contribution < 1.29 is 14.6 Å². The number of carbonyl (C=O) groups is 1. The Balaban J connectivity index is 2.22. The predicted octanol–water partition coefficient (Wildman–Crippen LogP) is -0.243. The zero-order valence-corrected chi connectivity index (χ0v) is 9.19. The first kappa shape index (κ1) is 12.4. The smallest absolute Gasteiger partial charge is 0.321 e. The predicted molar refractivity (Wildman–Crippen MR) is 56.7 cm³/mol. The molecule has 0 spiro atoms. The van der Waals surface area contributed by atoms with Gasteiger partial charge in [0.1, 0.15) is 6.04 Å². The second kappa shape index (κ2) is 6.05. The van der Waals surface area contributed by atoms with Gasteiger partial charge >= 0.3 is 5.97 Å². The number of carboxylic acids is 1. The molecular weight excluding hydrogens is 196 g/mol. The van der Waals surface area contributed by atoms with Gasteiger partial charge in [0, 0.05) is 26.3 Å². The molecule has 1 heterocycles. The van der Waals surface area contributed by atoms with E-state index in [0.717, 1.165) is 32.6 Å². The van der Waals surface area contributed by atoms with Crippen molar-refractivity contribution in [3.05, 3.63) is 0 Å². The van der Waals surface area contributed by atoms with E-state index in [-0.39, 0.29) is 0 Å². The third-order valence-corrected chi connectivity index (χ3v) is 2.74. The maximum atomic E-state index is 10.6. The Bertz CT molecular complexity index is 205. The molecule has 88 valence electrons. The van der Waals surface area contributed by atoms with E-state index >= 15 is 0 Å². The van der Waals surface area contributed by atoms with E-state index in [1.165, 1.54) is 0 Å². The largest absolute Gasteiger partial charge is 0.480 e. The van der Waals surface area contributed by atoms with Gasteiger partial charge in [-0.25, -0.2) is 0 Å². The summed E-state index contributed by atoms with van der Waals surface area (Å²) in [6, 6.07) is -0.783. The lowest BCUT2D eigenvalue weighted by atomic mass is 10.00. The highest BCUT2D eigenvalue weighted by atomic mass is 16.5. The number of carboxylic acid groups (broad SMARTS) is 1. The molecule has 0 radical (unpaired) electrons. The maximum absolute atomic E-state index is 10.6. The van der Waals surface area contributed by atoms with Gasteiger partial charge in [-0.2, -0.15) is 0 Å². The quantitative estimate of drug-likeness (QED) is 0.663. The van der Waals surface area contributed by atoms with Crippen LogP contribution in [-0.4, -0.2) is 55.4 Å². The van der Waals surface area contributed by atoms with Gasteiger partial charge in [-0.3, -0.25) is 4.79 Å². The molecule has 15 heavy (non-hydrogen) atoms. The van der Waals surface area contributed by atoms with E-state index in [4.69, 9.17) is 15.6 Å². The number of likely N-dealkylation sites (N-methyl/N-ethyl adjacent to an activating group) is 1. The second-order valence-corrected chi connectivity index (χ2v) is 4.22. The van der Waals surface area contributed by atoms with Crippen molar-refractivity contribution in [1.82, 2.24) is 4.90 Å². The van der Waals surface area contributed by atoms with Crippen LogP contribution in [-0.2, 0) is 9.53 Å². The van der Waals surface area contributed by atoms with Crippen LogP contribution in [0.5, 0.6) is 0 Å². The summed E-state index contributed by atoms with van der Waals surface area (Å²) in [5.74, 6) is -0.321. The molecule has 0 bridgehead atoms. The van der Waals surface area contributed by atoms with Gasteiger partial charge in [0.25, 0.3) is 0 Å². The van der Waals surface area contributed by atoms with Crippen molar-refractivity contribution in [1.29, 1.82) is 0 Å². The summed E-state index contributed by atoms with van der Waals surface area (Å²) in [4.78, 5) is 12.6. The van der Waals surface area contributed by atoms with Crippen LogP contribution >= 0.6 is 0 Å². The van der Waals surface area contributed by atoms with Crippen LogP contribution in [0, 0.1) is 5.92 Å². The minimum absolute atomic E-state index is 0.409. The molecule has 1 saturated heterocycles. The number of hydrogen-bond donors (Lipinski definition) is 2. The summed E-state index contributed by atoms with van der Waals surface area (Å²) in [7, 11) is 1.91. The molecule has 5 heteroatoms. The van der Waals surface area contributed by atoms with Crippen LogP contribution in [0.1, 0.15) is 12.8 Å². The molecule has 0 aromatic carbocycles. The SMILES string of the molecule is CN(CC1CCOCC1)CC(N)C(=O)O. The summed E-state index contributed by atoms with van der Waals surface area (Å²) in [6.07, 6.45) is 2.12. The van der Waals surface area contributed by atoms with E-state index in [2.05, 4.69) is 0 Å². The van der Waals surface area contributed by atoms with Gasteiger partial charge in [-0.1, -0.05) is 0 Å². The molecular formula is C10H20N2O3. The van der Waals surface area contributed by atoms with E-state index < -0.39 is 12.0 Å². The Labute approximate surface area is 90.2 Å². The zero-order valence-electron chi connectivity index (χ0n) is 9.19. The summed E-state index contributed by atoms with van der Waals surface area (Å²) in [5, 5.41) is 8.67. The number of ether oxygens (including phenoxy) is 1. The molecule has 1 atom stereocenters.